The molecule has 0 spiro atoms. The Morgan fingerprint density at radius 3 is 2.42 bits per heavy atom. The largest absolute Gasteiger partial charge is 0.375 e. The number of Topliss-reactive ketones (excluding diaryl/α,β-unsaturated/α-hetero) is 1. The number of para-hydroxylation sites is 1. The average molecular weight is 323 g/mol. The first kappa shape index (κ1) is 16.4. The van der Waals surface area contributed by atoms with Crippen LogP contribution in [0.25, 0.3) is 0 Å². The van der Waals surface area contributed by atoms with Gasteiger partial charge >= 0.3 is 0 Å². The van der Waals surface area contributed by atoms with Gasteiger partial charge in [0.15, 0.2) is 11.4 Å². The highest BCUT2D eigenvalue weighted by Gasteiger charge is 2.49. The number of carbonyl (C=O) groups is 2. The first-order chi connectivity index (χ1) is 11.3. The van der Waals surface area contributed by atoms with Crippen molar-refractivity contribution in [1.29, 1.82) is 0 Å². The number of ketones is 1. The second kappa shape index (κ2) is 5.56. The number of aliphatic hydroxyl groups is 1. The predicted molar refractivity (Wildman–Crippen MR) is 93.3 cm³/mol. The van der Waals surface area contributed by atoms with Crippen molar-refractivity contribution in [2.24, 2.45) is 0 Å². The van der Waals surface area contributed by atoms with Crippen LogP contribution < -0.4 is 4.90 Å². The molecule has 0 fully saturated rings. The molecule has 1 aliphatic rings. The quantitative estimate of drug-likeness (QED) is 0.883. The Labute approximate surface area is 141 Å². The molecule has 1 amide bonds. The third-order valence-corrected chi connectivity index (χ3v) is 4.93. The van der Waals surface area contributed by atoms with Gasteiger partial charge in [-0.1, -0.05) is 24.3 Å². The van der Waals surface area contributed by atoms with Crippen LogP contribution in [0.4, 0.5) is 5.69 Å². The van der Waals surface area contributed by atoms with Crippen molar-refractivity contribution in [2.45, 2.75) is 32.8 Å². The molecule has 0 radical (unpaired) electrons. The number of benzene rings is 2. The molecule has 0 saturated heterocycles. The van der Waals surface area contributed by atoms with Crippen LogP contribution in [0, 0.1) is 20.8 Å². The Kier molecular flexibility index (Phi) is 3.80. The van der Waals surface area contributed by atoms with Crippen molar-refractivity contribution in [1.82, 2.24) is 0 Å². The van der Waals surface area contributed by atoms with Gasteiger partial charge in [-0.05, 0) is 49.6 Å². The zero-order valence-electron chi connectivity index (χ0n) is 14.4. The van der Waals surface area contributed by atoms with E-state index >= 15 is 0 Å². The minimum atomic E-state index is -1.80. The molecule has 0 bridgehead atoms. The molecule has 1 atom stereocenters. The van der Waals surface area contributed by atoms with Crippen LogP contribution in [-0.2, 0) is 10.4 Å². The Morgan fingerprint density at radius 1 is 1.08 bits per heavy atom. The van der Waals surface area contributed by atoms with Crippen molar-refractivity contribution < 1.29 is 14.7 Å². The zero-order valence-corrected chi connectivity index (χ0v) is 14.4. The van der Waals surface area contributed by atoms with Gasteiger partial charge in [-0.2, -0.15) is 0 Å². The number of rotatable bonds is 3. The summed E-state index contributed by atoms with van der Waals surface area (Å²) in [5.74, 6) is -0.685. The maximum Gasteiger partial charge on any atom is 0.263 e. The lowest BCUT2D eigenvalue weighted by Gasteiger charge is -2.21. The van der Waals surface area contributed by atoms with Gasteiger partial charge in [0.2, 0.25) is 0 Å². The number of likely N-dealkylation sites (N-methyl/N-ethyl adjacent to an activating group) is 1. The van der Waals surface area contributed by atoms with E-state index in [4.69, 9.17) is 0 Å². The number of hydrogen-bond acceptors (Lipinski definition) is 3. The van der Waals surface area contributed by atoms with E-state index in [0.717, 1.165) is 16.7 Å². The maximum absolute atomic E-state index is 12.8. The van der Waals surface area contributed by atoms with Crippen molar-refractivity contribution in [3.8, 4) is 0 Å². The number of amides is 1. The molecule has 0 aliphatic carbocycles. The van der Waals surface area contributed by atoms with E-state index in [0.29, 0.717) is 16.8 Å². The molecule has 0 aromatic heterocycles. The first-order valence-electron chi connectivity index (χ1n) is 7.97. The van der Waals surface area contributed by atoms with Crippen LogP contribution in [0.3, 0.4) is 0 Å². The first-order valence-corrected chi connectivity index (χ1v) is 7.97. The van der Waals surface area contributed by atoms with Gasteiger partial charge in [-0.15, -0.1) is 0 Å². The van der Waals surface area contributed by atoms with Crippen LogP contribution in [0.5, 0.6) is 0 Å². The van der Waals surface area contributed by atoms with Gasteiger partial charge < -0.3 is 10.0 Å². The topological polar surface area (TPSA) is 57.6 Å². The minimum Gasteiger partial charge on any atom is -0.375 e. The van der Waals surface area contributed by atoms with Crippen LogP contribution >= 0.6 is 0 Å². The molecule has 1 heterocycles. The highest BCUT2D eigenvalue weighted by Crippen LogP contribution is 2.42. The Morgan fingerprint density at radius 2 is 1.71 bits per heavy atom. The fourth-order valence-electron chi connectivity index (χ4n) is 3.38. The van der Waals surface area contributed by atoms with E-state index in [1.54, 1.807) is 25.2 Å². The lowest BCUT2D eigenvalue weighted by molar-refractivity contribution is -0.135. The van der Waals surface area contributed by atoms with Gasteiger partial charge in [-0.3, -0.25) is 9.59 Å². The van der Waals surface area contributed by atoms with Gasteiger partial charge in [0.25, 0.3) is 5.91 Å². The van der Waals surface area contributed by atoms with E-state index in [1.165, 1.54) is 4.90 Å². The number of fused-ring (bicyclic) bond motifs is 1. The van der Waals surface area contributed by atoms with Gasteiger partial charge in [0.1, 0.15) is 0 Å². The molecule has 0 unspecified atom stereocenters. The van der Waals surface area contributed by atoms with Crippen LogP contribution in [-0.4, -0.2) is 23.8 Å². The summed E-state index contributed by atoms with van der Waals surface area (Å²) in [6, 6.07) is 10.9. The van der Waals surface area contributed by atoms with Crippen molar-refractivity contribution in [3.63, 3.8) is 0 Å². The summed E-state index contributed by atoms with van der Waals surface area (Å²) in [4.78, 5) is 26.8. The molecule has 3 rings (SSSR count). The third-order valence-electron chi connectivity index (χ3n) is 4.93. The van der Waals surface area contributed by atoms with Crippen LogP contribution in [0.15, 0.2) is 36.4 Å². The molecule has 1 N–H and O–H groups in total. The Bertz CT molecular complexity index is 856. The number of hydrogen-bond donors (Lipinski definition) is 1. The van der Waals surface area contributed by atoms with Crippen LogP contribution in [0.1, 0.15) is 39.0 Å². The van der Waals surface area contributed by atoms with E-state index in [1.807, 2.05) is 39.0 Å². The lowest BCUT2D eigenvalue weighted by atomic mass is 9.86. The van der Waals surface area contributed by atoms with Gasteiger partial charge in [-0.25, -0.2) is 0 Å². The predicted octanol–water partition coefficient (Wildman–Crippen LogP) is 3.05. The minimum absolute atomic E-state index is 0.225. The molecular formula is C20H21NO3. The molecule has 2 aromatic carbocycles. The standard InChI is InChI=1S/C20H21NO3/c1-12-9-14(3)15(10-13(12)2)18(22)11-20(24)16-7-5-6-8-17(16)21(4)19(20)23/h5-10,24H,11H2,1-4H3/t20-/m1/s1. The number of aryl methyl sites for hydroxylation is 3. The molecule has 0 saturated carbocycles. The van der Waals surface area contributed by atoms with Crippen molar-refractivity contribution >= 4 is 17.4 Å². The molecule has 4 nitrogen and oxygen atoms in total. The Hall–Kier alpha value is -2.46. The third kappa shape index (κ3) is 2.34. The molecule has 24 heavy (non-hydrogen) atoms. The fraction of sp³-hybridized carbons (Fsp3) is 0.300. The van der Waals surface area contributed by atoms with E-state index in [9.17, 15) is 14.7 Å². The van der Waals surface area contributed by atoms with Crippen molar-refractivity contribution in [3.05, 3.63) is 64.2 Å². The summed E-state index contributed by atoms with van der Waals surface area (Å²) in [6.45, 7) is 5.82. The number of nitrogens with zero attached hydrogens (tertiary/aromatic N) is 1. The summed E-state index contributed by atoms with van der Waals surface area (Å²) in [6.07, 6.45) is -0.253. The summed E-state index contributed by atoms with van der Waals surface area (Å²) >= 11 is 0. The highest BCUT2D eigenvalue weighted by atomic mass is 16.3. The van der Waals surface area contributed by atoms with E-state index in [-0.39, 0.29) is 12.2 Å². The van der Waals surface area contributed by atoms with Crippen molar-refractivity contribution in [2.75, 3.05) is 11.9 Å². The average Bonchev–Trinajstić information content (AvgIpc) is 2.73. The molecule has 124 valence electrons. The van der Waals surface area contributed by atoms with E-state index < -0.39 is 11.5 Å². The van der Waals surface area contributed by atoms with Crippen LogP contribution in [0.2, 0.25) is 0 Å². The fourth-order valence-corrected chi connectivity index (χ4v) is 3.38. The summed E-state index contributed by atoms with van der Waals surface area (Å²) < 4.78 is 0. The number of carbonyl (C=O) groups excluding carboxylic acids is 2. The Balaban J connectivity index is 2.00. The monoisotopic (exact) mass is 323 g/mol. The van der Waals surface area contributed by atoms with Gasteiger partial charge in [0.05, 0.1) is 12.1 Å². The lowest BCUT2D eigenvalue weighted by Crippen LogP contribution is -2.40. The van der Waals surface area contributed by atoms with E-state index in [2.05, 4.69) is 0 Å². The second-order valence-corrected chi connectivity index (χ2v) is 6.59. The molecule has 4 heteroatoms. The number of anilines is 1. The normalized spacial score (nSPS) is 19.5. The smallest absolute Gasteiger partial charge is 0.263 e. The van der Waals surface area contributed by atoms with Gasteiger partial charge in [0, 0.05) is 18.2 Å². The second-order valence-electron chi connectivity index (χ2n) is 6.59. The SMILES string of the molecule is Cc1cc(C)c(C(=O)C[C@]2(O)C(=O)N(C)c3ccccc32)cc1C. The molecule has 2 aromatic rings. The highest BCUT2D eigenvalue weighted by molar-refractivity contribution is 6.10. The molecule has 1 aliphatic heterocycles. The summed E-state index contributed by atoms with van der Waals surface area (Å²) in [7, 11) is 1.62. The molecular weight excluding hydrogens is 302 g/mol. The summed E-state index contributed by atoms with van der Waals surface area (Å²) in [5, 5.41) is 11.0. The summed E-state index contributed by atoms with van der Waals surface area (Å²) in [5.41, 5.74) is 2.90. The zero-order chi connectivity index (χ0) is 17.6. The maximum atomic E-state index is 12.8.